The van der Waals surface area contributed by atoms with E-state index in [1.54, 1.807) is 12.1 Å². The standard InChI is InChI=1S/C13H11N3O4S/c1-21-13-14-9-6-20-12(17)10(9)11(15-13)7-3-2-4-8(5-7)16(18)19/h2-5,11H,6H2,1H3,(H,14,15). The van der Waals surface area contributed by atoms with Gasteiger partial charge in [-0.2, -0.15) is 0 Å². The number of carbonyl (C=O) groups is 1. The molecule has 21 heavy (non-hydrogen) atoms. The van der Waals surface area contributed by atoms with Crippen molar-refractivity contribution >= 4 is 28.6 Å². The van der Waals surface area contributed by atoms with Crippen molar-refractivity contribution in [2.75, 3.05) is 12.9 Å². The number of nitrogens with one attached hydrogen (secondary N) is 1. The number of thioether (sulfide) groups is 1. The first-order valence-electron chi connectivity index (χ1n) is 6.13. The van der Waals surface area contributed by atoms with Crippen molar-refractivity contribution in [1.29, 1.82) is 0 Å². The van der Waals surface area contributed by atoms with E-state index in [2.05, 4.69) is 10.3 Å². The molecule has 0 spiro atoms. The van der Waals surface area contributed by atoms with Gasteiger partial charge in [0.05, 0.1) is 16.2 Å². The zero-order valence-electron chi connectivity index (χ0n) is 11.0. The van der Waals surface area contributed by atoms with Crippen LogP contribution < -0.4 is 5.32 Å². The molecule has 2 heterocycles. The molecule has 1 aromatic carbocycles. The van der Waals surface area contributed by atoms with Crippen molar-refractivity contribution < 1.29 is 14.5 Å². The highest BCUT2D eigenvalue weighted by atomic mass is 32.2. The zero-order valence-corrected chi connectivity index (χ0v) is 11.8. The summed E-state index contributed by atoms with van der Waals surface area (Å²) in [6.07, 6.45) is 1.86. The number of esters is 1. The average Bonchev–Trinajstić information content (AvgIpc) is 2.88. The van der Waals surface area contributed by atoms with Crippen LogP contribution in [0.4, 0.5) is 5.69 Å². The van der Waals surface area contributed by atoms with Gasteiger partial charge in [0.25, 0.3) is 5.69 Å². The Balaban J connectivity index is 2.07. The number of aliphatic imine (C=N–C) groups is 1. The Morgan fingerprint density at radius 3 is 3.05 bits per heavy atom. The van der Waals surface area contributed by atoms with Gasteiger partial charge in [-0.15, -0.1) is 0 Å². The number of rotatable bonds is 2. The summed E-state index contributed by atoms with van der Waals surface area (Å²) < 4.78 is 5.03. The fourth-order valence-corrected chi connectivity index (χ4v) is 2.73. The third kappa shape index (κ3) is 2.38. The molecule has 2 aliphatic heterocycles. The molecule has 2 aliphatic rings. The average molecular weight is 305 g/mol. The first-order valence-corrected chi connectivity index (χ1v) is 7.36. The summed E-state index contributed by atoms with van der Waals surface area (Å²) in [4.78, 5) is 26.8. The fraction of sp³-hybridized carbons (Fsp3) is 0.231. The van der Waals surface area contributed by atoms with Crippen LogP contribution in [0.5, 0.6) is 0 Å². The minimum Gasteiger partial charge on any atom is -0.456 e. The maximum atomic E-state index is 11.9. The molecule has 1 unspecified atom stereocenters. The number of ether oxygens (including phenoxy) is 1. The molecule has 0 aromatic heterocycles. The van der Waals surface area contributed by atoms with Gasteiger partial charge in [-0.1, -0.05) is 23.9 Å². The van der Waals surface area contributed by atoms with E-state index >= 15 is 0 Å². The van der Waals surface area contributed by atoms with Crippen LogP contribution in [0.25, 0.3) is 0 Å². The largest absolute Gasteiger partial charge is 0.456 e. The lowest BCUT2D eigenvalue weighted by Gasteiger charge is -2.21. The quantitative estimate of drug-likeness (QED) is 0.508. The van der Waals surface area contributed by atoms with Crippen LogP contribution in [0.15, 0.2) is 40.5 Å². The normalized spacial score (nSPS) is 20.5. The van der Waals surface area contributed by atoms with Crippen molar-refractivity contribution in [1.82, 2.24) is 5.32 Å². The Bertz CT molecular complexity index is 698. The molecule has 3 rings (SSSR count). The number of benzene rings is 1. The van der Waals surface area contributed by atoms with Crippen molar-refractivity contribution in [2.45, 2.75) is 6.04 Å². The van der Waals surface area contributed by atoms with Crippen LogP contribution in [0.3, 0.4) is 0 Å². The Morgan fingerprint density at radius 1 is 1.52 bits per heavy atom. The molecule has 0 amide bonds. The van der Waals surface area contributed by atoms with E-state index in [0.717, 1.165) is 0 Å². The molecule has 7 nitrogen and oxygen atoms in total. The molecule has 108 valence electrons. The van der Waals surface area contributed by atoms with E-state index in [-0.39, 0.29) is 12.3 Å². The van der Waals surface area contributed by atoms with Gasteiger partial charge in [-0.3, -0.25) is 10.1 Å². The van der Waals surface area contributed by atoms with Crippen molar-refractivity contribution in [3.8, 4) is 0 Å². The van der Waals surface area contributed by atoms with Gasteiger partial charge in [-0.05, 0) is 11.8 Å². The predicted octanol–water partition coefficient (Wildman–Crippen LogP) is 1.77. The molecular weight excluding hydrogens is 294 g/mol. The number of non-ortho nitro benzene ring substituents is 1. The van der Waals surface area contributed by atoms with Crippen molar-refractivity contribution in [3.63, 3.8) is 0 Å². The maximum Gasteiger partial charge on any atom is 0.338 e. The first-order chi connectivity index (χ1) is 10.1. The topological polar surface area (TPSA) is 93.8 Å². The molecule has 1 aromatic rings. The molecule has 0 saturated carbocycles. The SMILES string of the molecule is CSC1=NC(c2cccc([N+](=O)[O-])c2)C2=C(COC2=O)N1. The molecule has 1 N–H and O–H groups in total. The molecule has 1 atom stereocenters. The highest BCUT2D eigenvalue weighted by Gasteiger charge is 2.36. The summed E-state index contributed by atoms with van der Waals surface area (Å²) in [5.74, 6) is -0.432. The van der Waals surface area contributed by atoms with Crippen LogP contribution in [0.1, 0.15) is 11.6 Å². The van der Waals surface area contributed by atoms with E-state index in [9.17, 15) is 14.9 Å². The van der Waals surface area contributed by atoms with E-state index in [4.69, 9.17) is 4.74 Å². The lowest BCUT2D eigenvalue weighted by atomic mass is 9.97. The monoisotopic (exact) mass is 305 g/mol. The van der Waals surface area contributed by atoms with E-state index in [1.807, 2.05) is 6.26 Å². The third-order valence-corrected chi connectivity index (χ3v) is 3.85. The summed E-state index contributed by atoms with van der Waals surface area (Å²) in [5, 5.41) is 14.6. The lowest BCUT2D eigenvalue weighted by molar-refractivity contribution is -0.384. The van der Waals surface area contributed by atoms with E-state index in [0.29, 0.717) is 22.0 Å². The van der Waals surface area contributed by atoms with Gasteiger partial charge in [-0.25, -0.2) is 9.79 Å². The lowest BCUT2D eigenvalue weighted by Crippen LogP contribution is -2.28. The summed E-state index contributed by atoms with van der Waals surface area (Å²) in [6.45, 7) is 0.180. The summed E-state index contributed by atoms with van der Waals surface area (Å²) in [6, 6.07) is 5.59. The minimum atomic E-state index is -0.571. The maximum absolute atomic E-state index is 11.9. The Hall–Kier alpha value is -2.35. The Kier molecular flexibility index (Phi) is 3.38. The molecule has 0 saturated heterocycles. The van der Waals surface area contributed by atoms with Crippen molar-refractivity contribution in [2.24, 2.45) is 4.99 Å². The van der Waals surface area contributed by atoms with Crippen molar-refractivity contribution in [3.05, 3.63) is 51.2 Å². The molecule has 0 fully saturated rings. The number of hydrogen-bond acceptors (Lipinski definition) is 7. The van der Waals surface area contributed by atoms with Crippen LogP contribution in [-0.2, 0) is 9.53 Å². The zero-order chi connectivity index (χ0) is 15.0. The fourth-order valence-electron chi connectivity index (χ4n) is 2.29. The molecule has 8 heteroatoms. The van der Waals surface area contributed by atoms with E-state index in [1.165, 1.54) is 23.9 Å². The highest BCUT2D eigenvalue weighted by molar-refractivity contribution is 8.13. The Morgan fingerprint density at radius 2 is 2.33 bits per heavy atom. The Labute approximate surface area is 124 Å². The number of hydrogen-bond donors (Lipinski definition) is 1. The second kappa shape index (κ2) is 5.21. The summed E-state index contributed by atoms with van der Waals surface area (Å²) in [7, 11) is 0. The van der Waals surface area contributed by atoms with Gasteiger partial charge < -0.3 is 10.1 Å². The van der Waals surface area contributed by atoms with Gasteiger partial charge >= 0.3 is 5.97 Å². The minimum absolute atomic E-state index is 0.0274. The number of carbonyl (C=O) groups excluding carboxylic acids is 1. The number of nitro benzene ring substituents is 1. The molecule has 0 bridgehead atoms. The number of nitrogens with zero attached hydrogens (tertiary/aromatic N) is 2. The smallest absolute Gasteiger partial charge is 0.338 e. The highest BCUT2D eigenvalue weighted by Crippen LogP contribution is 2.36. The second-order valence-corrected chi connectivity index (χ2v) is 5.28. The molecule has 0 radical (unpaired) electrons. The number of cyclic esters (lactones) is 1. The molecular formula is C13H11N3O4S. The second-order valence-electron chi connectivity index (χ2n) is 4.49. The summed E-state index contributed by atoms with van der Waals surface area (Å²) >= 11 is 1.41. The van der Waals surface area contributed by atoms with Crippen LogP contribution in [0.2, 0.25) is 0 Å². The number of nitro groups is 1. The molecule has 0 aliphatic carbocycles. The first kappa shape index (κ1) is 13.6. The van der Waals surface area contributed by atoms with Gasteiger partial charge in [0.15, 0.2) is 5.17 Å². The predicted molar refractivity (Wildman–Crippen MR) is 77.9 cm³/mol. The van der Waals surface area contributed by atoms with Gasteiger partial charge in [0.1, 0.15) is 12.6 Å². The number of amidine groups is 1. The van der Waals surface area contributed by atoms with Gasteiger partial charge in [0.2, 0.25) is 0 Å². The van der Waals surface area contributed by atoms with Crippen LogP contribution >= 0.6 is 11.8 Å². The van der Waals surface area contributed by atoms with Crippen LogP contribution in [0, 0.1) is 10.1 Å². The van der Waals surface area contributed by atoms with Gasteiger partial charge in [0, 0.05) is 12.1 Å². The third-order valence-electron chi connectivity index (χ3n) is 3.26. The van der Waals surface area contributed by atoms with E-state index < -0.39 is 16.9 Å². The van der Waals surface area contributed by atoms with Crippen LogP contribution in [-0.4, -0.2) is 28.9 Å². The summed E-state index contributed by atoms with van der Waals surface area (Å²) in [5.41, 5.74) is 1.67.